The van der Waals surface area contributed by atoms with Crippen LogP contribution in [-0.2, 0) is 4.74 Å². The molecule has 0 rings (SSSR count). The van der Waals surface area contributed by atoms with E-state index in [9.17, 15) is 0 Å². The molecule has 62 valence electrons. The molecule has 0 aromatic rings. The highest BCUT2D eigenvalue weighted by Gasteiger charge is 2.15. The average Bonchev–Trinajstić information content (AvgIpc) is 1.89. The third kappa shape index (κ3) is 5.32. The first-order chi connectivity index (χ1) is 4.62. The number of rotatable bonds is 5. The Bertz CT molecular complexity index is 85.7. The molecule has 1 unspecified atom stereocenters. The molecule has 3 heteroatoms. The Balaban J connectivity index is 3.28. The van der Waals surface area contributed by atoms with Gasteiger partial charge in [0.05, 0.1) is 14.8 Å². The summed E-state index contributed by atoms with van der Waals surface area (Å²) in [5, 5.41) is 0. The molecule has 0 spiro atoms. The predicted molar refractivity (Wildman–Crippen MR) is 52.8 cm³/mol. The molecule has 0 fully saturated rings. The van der Waals surface area contributed by atoms with Crippen LogP contribution < -0.4 is 0 Å². The second-order valence-corrected chi connectivity index (χ2v) is 6.24. The first-order valence-electron chi connectivity index (χ1n) is 3.90. The van der Waals surface area contributed by atoms with Crippen molar-refractivity contribution in [2.24, 2.45) is 0 Å². The van der Waals surface area contributed by atoms with E-state index < -0.39 is 0 Å². The zero-order chi connectivity index (χ0) is 8.04. The van der Waals surface area contributed by atoms with Gasteiger partial charge in [-0.2, -0.15) is 0 Å². The zero-order valence-electron chi connectivity index (χ0n) is 7.18. The Kier molecular flexibility index (Phi) is 5.49. The number of methoxy groups -OCH3 is 1. The van der Waals surface area contributed by atoms with Crippen LogP contribution in [-0.4, -0.2) is 21.9 Å². The quantitative estimate of drug-likeness (QED) is 0.288. The molecule has 10 heavy (non-hydrogen) atoms. The molecule has 0 aliphatic rings. The number of ether oxygens (including phenoxy) is 1. The second kappa shape index (κ2) is 5.21. The molecule has 0 aliphatic heterocycles. The molecule has 0 heterocycles. The normalized spacial score (nSPS) is 17.1. The Morgan fingerprint density at radius 1 is 1.50 bits per heavy atom. The summed E-state index contributed by atoms with van der Waals surface area (Å²) in [6.07, 6.45) is 4.92. The molecule has 0 amide bonds. The molecule has 0 bridgehead atoms. The van der Waals surface area contributed by atoms with E-state index in [-0.39, 0.29) is 4.56 Å². The van der Waals surface area contributed by atoms with Gasteiger partial charge in [0.2, 0.25) is 0 Å². The first-order valence-corrected chi connectivity index (χ1v) is 5.34. The lowest BCUT2D eigenvalue weighted by Gasteiger charge is -2.21. The Labute approximate surface area is 72.4 Å². The lowest BCUT2D eigenvalue weighted by atomic mass is 10.2. The van der Waals surface area contributed by atoms with E-state index in [1.807, 2.05) is 0 Å². The molecule has 0 radical (unpaired) electrons. The van der Waals surface area contributed by atoms with Crippen molar-refractivity contribution in [1.82, 2.24) is 0 Å². The highest BCUT2D eigenvalue weighted by Crippen LogP contribution is 2.18. The van der Waals surface area contributed by atoms with Crippen LogP contribution in [0.2, 0.25) is 0 Å². The van der Waals surface area contributed by atoms with Gasteiger partial charge in [-0.1, -0.05) is 26.2 Å². The number of hydrogen-bond donors (Lipinski definition) is 1. The van der Waals surface area contributed by atoms with E-state index >= 15 is 0 Å². The van der Waals surface area contributed by atoms with Crippen molar-refractivity contribution in [3.63, 3.8) is 0 Å². The van der Waals surface area contributed by atoms with Crippen LogP contribution in [0.15, 0.2) is 0 Å². The van der Waals surface area contributed by atoms with Crippen LogP contribution in [0.25, 0.3) is 0 Å². The highest BCUT2D eigenvalue weighted by atomic mass is 32.1. The van der Waals surface area contributed by atoms with Crippen molar-refractivity contribution >= 4 is 22.9 Å². The van der Waals surface area contributed by atoms with E-state index in [4.69, 9.17) is 4.74 Å². The van der Waals surface area contributed by atoms with Gasteiger partial charge in [0.15, 0.2) is 0 Å². The van der Waals surface area contributed by atoms with Crippen LogP contribution in [0.3, 0.4) is 0 Å². The SMILES string of the molecule is CCCCCC([SiH3])(S)OC. The van der Waals surface area contributed by atoms with Crippen molar-refractivity contribution < 1.29 is 4.74 Å². The van der Waals surface area contributed by atoms with Gasteiger partial charge in [0, 0.05) is 7.11 Å². The molecule has 0 aromatic carbocycles. The maximum atomic E-state index is 5.21. The van der Waals surface area contributed by atoms with E-state index in [1.54, 1.807) is 7.11 Å². The first kappa shape index (κ1) is 10.5. The summed E-state index contributed by atoms with van der Waals surface area (Å²) >= 11 is 4.40. The third-order valence-electron chi connectivity index (χ3n) is 1.68. The van der Waals surface area contributed by atoms with E-state index in [0.29, 0.717) is 0 Å². The minimum absolute atomic E-state index is 0.0742. The summed E-state index contributed by atoms with van der Waals surface area (Å²) in [7, 11) is 2.75. The molecule has 0 N–H and O–H groups in total. The largest absolute Gasteiger partial charge is 0.373 e. The van der Waals surface area contributed by atoms with Crippen LogP contribution >= 0.6 is 12.6 Å². The van der Waals surface area contributed by atoms with Gasteiger partial charge in [0.25, 0.3) is 0 Å². The summed E-state index contributed by atoms with van der Waals surface area (Å²) in [5.74, 6) is 0. The van der Waals surface area contributed by atoms with Crippen molar-refractivity contribution in [2.45, 2.75) is 37.2 Å². The molecule has 0 saturated carbocycles. The summed E-state index contributed by atoms with van der Waals surface area (Å²) in [6, 6.07) is 0. The van der Waals surface area contributed by atoms with Gasteiger partial charge < -0.3 is 4.74 Å². The van der Waals surface area contributed by atoms with Crippen LogP contribution in [0.5, 0.6) is 0 Å². The smallest absolute Gasteiger partial charge is 0.0879 e. The minimum atomic E-state index is -0.0742. The second-order valence-electron chi connectivity index (χ2n) is 2.84. The Morgan fingerprint density at radius 3 is 2.50 bits per heavy atom. The lowest BCUT2D eigenvalue weighted by molar-refractivity contribution is 0.131. The minimum Gasteiger partial charge on any atom is -0.373 e. The highest BCUT2D eigenvalue weighted by molar-refractivity contribution is 7.83. The molecular formula is C7H18OSSi. The third-order valence-corrected chi connectivity index (χ3v) is 3.00. The zero-order valence-corrected chi connectivity index (χ0v) is 10.1. The lowest BCUT2D eigenvalue weighted by Crippen LogP contribution is -2.23. The Morgan fingerprint density at radius 2 is 2.10 bits per heavy atom. The fourth-order valence-electron chi connectivity index (χ4n) is 0.805. The van der Waals surface area contributed by atoms with Gasteiger partial charge in [-0.25, -0.2) is 0 Å². The number of unbranched alkanes of at least 4 members (excludes halogenated alkanes) is 2. The fraction of sp³-hybridized carbons (Fsp3) is 1.00. The molecule has 1 nitrogen and oxygen atoms in total. The van der Waals surface area contributed by atoms with Crippen molar-refractivity contribution in [3.05, 3.63) is 0 Å². The summed E-state index contributed by atoms with van der Waals surface area (Å²) in [5.41, 5.74) is 0. The van der Waals surface area contributed by atoms with Crippen LogP contribution in [0.4, 0.5) is 0 Å². The van der Waals surface area contributed by atoms with E-state index in [1.165, 1.54) is 19.3 Å². The van der Waals surface area contributed by atoms with E-state index in [0.717, 1.165) is 16.7 Å². The topological polar surface area (TPSA) is 9.23 Å². The maximum absolute atomic E-state index is 5.21. The number of thiol groups is 1. The summed E-state index contributed by atoms with van der Waals surface area (Å²) < 4.78 is 5.14. The predicted octanol–water partition coefficient (Wildman–Crippen LogP) is 1.16. The van der Waals surface area contributed by atoms with Crippen LogP contribution in [0, 0.1) is 0 Å². The molecule has 0 aliphatic carbocycles. The monoisotopic (exact) mass is 178 g/mol. The molecule has 1 atom stereocenters. The van der Waals surface area contributed by atoms with Crippen LogP contribution in [0.1, 0.15) is 32.6 Å². The average molecular weight is 178 g/mol. The van der Waals surface area contributed by atoms with Crippen molar-refractivity contribution in [1.29, 1.82) is 0 Å². The summed E-state index contributed by atoms with van der Waals surface area (Å²) in [4.78, 5) is 0. The Hall–Kier alpha value is 0.527. The van der Waals surface area contributed by atoms with Gasteiger partial charge in [-0.3, -0.25) is 0 Å². The molecule has 0 aromatic heterocycles. The van der Waals surface area contributed by atoms with Gasteiger partial charge in [-0.05, 0) is 6.42 Å². The standard InChI is InChI=1S/C7H18OSSi/c1-3-4-5-6-7(9,10)8-2/h9H,3-6H2,1-2,10H3. The molecular weight excluding hydrogens is 160 g/mol. The summed E-state index contributed by atoms with van der Waals surface area (Å²) in [6.45, 7) is 2.21. The fourth-order valence-corrected chi connectivity index (χ4v) is 1.32. The van der Waals surface area contributed by atoms with Crippen molar-refractivity contribution in [2.75, 3.05) is 7.11 Å². The van der Waals surface area contributed by atoms with Gasteiger partial charge in [0.1, 0.15) is 0 Å². The van der Waals surface area contributed by atoms with Gasteiger partial charge in [-0.15, -0.1) is 12.6 Å². The van der Waals surface area contributed by atoms with E-state index in [2.05, 4.69) is 19.6 Å². The maximum Gasteiger partial charge on any atom is 0.0879 e. The molecule has 0 saturated heterocycles. The van der Waals surface area contributed by atoms with Gasteiger partial charge >= 0.3 is 0 Å². The number of hydrogen-bond acceptors (Lipinski definition) is 2. The van der Waals surface area contributed by atoms with Crippen molar-refractivity contribution in [3.8, 4) is 0 Å².